The zero-order chi connectivity index (χ0) is 16.2. The van der Waals surface area contributed by atoms with Crippen LogP contribution in [0, 0.1) is 5.41 Å². The van der Waals surface area contributed by atoms with E-state index >= 15 is 0 Å². The van der Waals surface area contributed by atoms with Gasteiger partial charge in [-0.25, -0.2) is 0 Å². The Hall–Kier alpha value is -1.30. The zero-order valence-electron chi connectivity index (χ0n) is 12.2. The Balaban J connectivity index is 1.84. The van der Waals surface area contributed by atoms with Gasteiger partial charge in [-0.2, -0.15) is 17.6 Å². The number of phenolic OH excluding ortho intramolecular Hbond substituents is 1. The fourth-order valence-corrected chi connectivity index (χ4v) is 3.55. The number of hydrogen-bond donors (Lipinski definition) is 1. The summed E-state index contributed by atoms with van der Waals surface area (Å²) in [5.41, 5.74) is -3.20. The van der Waals surface area contributed by atoms with Crippen molar-refractivity contribution in [1.29, 1.82) is 0 Å². The van der Waals surface area contributed by atoms with Gasteiger partial charge in [0.1, 0.15) is 11.4 Å². The molecule has 4 rings (SSSR count). The average Bonchev–Trinajstić information content (AvgIpc) is 2.47. The number of halogens is 4. The van der Waals surface area contributed by atoms with Crippen LogP contribution >= 0.6 is 0 Å². The molecule has 0 atom stereocenters. The van der Waals surface area contributed by atoms with Crippen molar-refractivity contribution < 1.29 is 27.4 Å². The van der Waals surface area contributed by atoms with E-state index in [1.807, 2.05) is 0 Å². The van der Waals surface area contributed by atoms with E-state index in [4.69, 9.17) is 4.74 Å². The molecule has 0 unspecified atom stereocenters. The van der Waals surface area contributed by atoms with Crippen molar-refractivity contribution in [3.05, 3.63) is 29.8 Å². The number of alkyl halides is 4. The third-order valence-corrected chi connectivity index (χ3v) is 5.34. The van der Waals surface area contributed by atoms with Gasteiger partial charge in [-0.1, -0.05) is 19.1 Å². The van der Waals surface area contributed by atoms with Crippen LogP contribution in [-0.2, 0) is 11.3 Å². The molecule has 0 amide bonds. The van der Waals surface area contributed by atoms with Crippen molar-refractivity contribution in [2.24, 2.45) is 5.41 Å². The van der Waals surface area contributed by atoms with Gasteiger partial charge >= 0.3 is 11.8 Å². The first kappa shape index (κ1) is 15.6. The van der Waals surface area contributed by atoms with E-state index in [9.17, 15) is 22.7 Å². The number of fused-ring (bicyclic) bond motifs is 3. The van der Waals surface area contributed by atoms with Crippen LogP contribution in [0.2, 0.25) is 0 Å². The van der Waals surface area contributed by atoms with Crippen LogP contribution in [0.5, 0.6) is 5.75 Å². The van der Waals surface area contributed by atoms with Crippen LogP contribution in [0.25, 0.3) is 0 Å². The van der Waals surface area contributed by atoms with E-state index in [-0.39, 0.29) is 38.0 Å². The second-order valence-corrected chi connectivity index (χ2v) is 6.66. The largest absolute Gasteiger partial charge is 0.508 e. The van der Waals surface area contributed by atoms with Crippen molar-refractivity contribution in [3.8, 4) is 5.75 Å². The molecule has 1 aromatic rings. The molecule has 0 spiro atoms. The van der Waals surface area contributed by atoms with Crippen LogP contribution in [0.4, 0.5) is 17.6 Å². The smallest absolute Gasteiger partial charge is 0.338 e. The Bertz CT molecular complexity index is 560. The highest BCUT2D eigenvalue weighted by Gasteiger charge is 2.80. The van der Waals surface area contributed by atoms with Crippen LogP contribution in [0.3, 0.4) is 0 Å². The first-order chi connectivity index (χ1) is 10.1. The van der Waals surface area contributed by atoms with Crippen molar-refractivity contribution >= 4 is 0 Å². The zero-order valence-corrected chi connectivity index (χ0v) is 12.2. The third-order valence-electron chi connectivity index (χ3n) is 5.34. The lowest BCUT2D eigenvalue weighted by atomic mass is 9.55. The molecule has 1 N–H and O–H groups in total. The maximum absolute atomic E-state index is 14.4. The SMILES string of the molecule is CC12CCC(OCc3ccc(O)cc3)(CC1)C(F)(F)C2(F)F. The molecule has 0 saturated heterocycles. The summed E-state index contributed by atoms with van der Waals surface area (Å²) in [6.07, 6.45) is -0.0648. The quantitative estimate of drug-likeness (QED) is 0.831. The molecule has 2 bridgehead atoms. The van der Waals surface area contributed by atoms with Gasteiger partial charge in [-0.3, -0.25) is 0 Å². The standard InChI is InChI=1S/C16H18F4O2/c1-13-6-8-14(9-7-13,16(19,20)15(13,17)18)22-10-11-2-4-12(21)5-3-11/h2-5,21H,6-10H2,1H3. The van der Waals surface area contributed by atoms with Gasteiger partial charge in [-0.15, -0.1) is 0 Å². The molecular formula is C16H18F4O2. The summed E-state index contributed by atoms with van der Waals surface area (Å²) in [5, 5.41) is 9.20. The molecule has 22 heavy (non-hydrogen) atoms. The van der Waals surface area contributed by atoms with E-state index in [1.54, 1.807) is 0 Å². The minimum Gasteiger partial charge on any atom is -0.508 e. The molecule has 3 aliphatic rings. The number of ether oxygens (including phenoxy) is 1. The van der Waals surface area contributed by atoms with Crippen LogP contribution in [-0.4, -0.2) is 22.6 Å². The molecule has 3 fully saturated rings. The Morgan fingerprint density at radius 2 is 1.50 bits per heavy atom. The lowest BCUT2D eigenvalue weighted by Gasteiger charge is -2.59. The number of phenols is 1. The van der Waals surface area contributed by atoms with E-state index in [1.165, 1.54) is 31.2 Å². The van der Waals surface area contributed by atoms with E-state index in [0.717, 1.165) is 0 Å². The highest BCUT2D eigenvalue weighted by atomic mass is 19.3. The normalized spacial score (nSPS) is 35.5. The van der Waals surface area contributed by atoms with E-state index in [2.05, 4.69) is 0 Å². The highest BCUT2D eigenvalue weighted by molar-refractivity contribution is 5.26. The van der Waals surface area contributed by atoms with Crippen molar-refractivity contribution in [2.75, 3.05) is 0 Å². The summed E-state index contributed by atoms with van der Waals surface area (Å²) in [5.74, 6) is -8.20. The van der Waals surface area contributed by atoms with Crippen molar-refractivity contribution in [1.82, 2.24) is 0 Å². The molecule has 0 radical (unpaired) electrons. The number of aromatic hydroxyl groups is 1. The molecular weight excluding hydrogens is 300 g/mol. The van der Waals surface area contributed by atoms with Gasteiger partial charge < -0.3 is 9.84 Å². The van der Waals surface area contributed by atoms with E-state index < -0.39 is 22.9 Å². The van der Waals surface area contributed by atoms with Gasteiger partial charge in [0, 0.05) is 5.41 Å². The number of hydrogen-bond acceptors (Lipinski definition) is 2. The fourth-order valence-electron chi connectivity index (χ4n) is 3.55. The Morgan fingerprint density at radius 3 is 2.05 bits per heavy atom. The Labute approximate surface area is 126 Å². The van der Waals surface area contributed by atoms with Gasteiger partial charge in [0.15, 0.2) is 0 Å². The van der Waals surface area contributed by atoms with Gasteiger partial charge in [-0.05, 0) is 43.4 Å². The summed E-state index contributed by atoms with van der Waals surface area (Å²) in [6.45, 7) is 1.06. The second kappa shape index (κ2) is 4.60. The summed E-state index contributed by atoms with van der Waals surface area (Å²) in [6, 6.07) is 5.86. The highest BCUT2D eigenvalue weighted by Crippen LogP contribution is 2.67. The summed E-state index contributed by atoms with van der Waals surface area (Å²) >= 11 is 0. The molecule has 6 heteroatoms. The summed E-state index contributed by atoms with van der Waals surface area (Å²) in [4.78, 5) is 0. The first-order valence-corrected chi connectivity index (χ1v) is 7.31. The van der Waals surface area contributed by atoms with E-state index in [0.29, 0.717) is 5.56 Å². The minimum absolute atomic E-state index is 0.0329. The molecule has 3 aliphatic carbocycles. The molecule has 0 aliphatic heterocycles. The first-order valence-electron chi connectivity index (χ1n) is 7.31. The Kier molecular flexibility index (Phi) is 3.26. The fraction of sp³-hybridized carbons (Fsp3) is 0.625. The van der Waals surface area contributed by atoms with Crippen LogP contribution < -0.4 is 0 Å². The Morgan fingerprint density at radius 1 is 0.955 bits per heavy atom. The molecule has 0 heterocycles. The topological polar surface area (TPSA) is 29.5 Å². The van der Waals surface area contributed by atoms with Gasteiger partial charge in [0.25, 0.3) is 0 Å². The average molecular weight is 318 g/mol. The van der Waals surface area contributed by atoms with Crippen molar-refractivity contribution in [3.63, 3.8) is 0 Å². The predicted molar refractivity (Wildman–Crippen MR) is 72.1 cm³/mol. The molecule has 0 aromatic heterocycles. The maximum Gasteiger partial charge on any atom is 0.338 e. The third kappa shape index (κ3) is 1.89. The van der Waals surface area contributed by atoms with Crippen LogP contribution in [0.1, 0.15) is 38.2 Å². The molecule has 1 aromatic carbocycles. The maximum atomic E-state index is 14.4. The predicted octanol–water partition coefficient (Wildman–Crippen LogP) is 4.51. The molecule has 3 saturated carbocycles. The van der Waals surface area contributed by atoms with Crippen molar-refractivity contribution in [2.45, 2.75) is 56.7 Å². The monoisotopic (exact) mass is 318 g/mol. The lowest BCUT2D eigenvalue weighted by molar-refractivity contribution is -0.389. The minimum atomic E-state index is -4.18. The van der Waals surface area contributed by atoms with Gasteiger partial charge in [0.2, 0.25) is 0 Å². The van der Waals surface area contributed by atoms with Crippen LogP contribution in [0.15, 0.2) is 24.3 Å². The lowest BCUT2D eigenvalue weighted by Crippen LogP contribution is -2.72. The van der Waals surface area contributed by atoms with Gasteiger partial charge in [0.05, 0.1) is 6.61 Å². The summed E-state index contributed by atoms with van der Waals surface area (Å²) < 4.78 is 62.7. The molecule has 122 valence electrons. The molecule has 2 nitrogen and oxygen atoms in total. The second-order valence-electron chi connectivity index (χ2n) is 6.66. The summed E-state index contributed by atoms with van der Waals surface area (Å²) in [7, 11) is 0. The number of rotatable bonds is 3. The number of benzene rings is 1.